The van der Waals surface area contributed by atoms with Crippen LogP contribution in [0.25, 0.3) is 0 Å². The third-order valence-electron chi connectivity index (χ3n) is 3.73. The molecule has 0 radical (unpaired) electrons. The van der Waals surface area contributed by atoms with Gasteiger partial charge in [-0.2, -0.15) is 0 Å². The van der Waals surface area contributed by atoms with Crippen molar-refractivity contribution in [2.75, 3.05) is 6.54 Å². The molecule has 2 heteroatoms. The molecule has 0 bridgehead atoms. The fourth-order valence-corrected chi connectivity index (χ4v) is 2.39. The molecule has 1 aromatic carbocycles. The molecule has 1 N–H and O–H groups in total. The summed E-state index contributed by atoms with van der Waals surface area (Å²) < 4.78 is 5.78. The highest BCUT2D eigenvalue weighted by molar-refractivity contribution is 5.29. The molecule has 0 spiro atoms. The summed E-state index contributed by atoms with van der Waals surface area (Å²) in [7, 11) is 0. The van der Waals surface area contributed by atoms with Gasteiger partial charge in [0.05, 0.1) is 6.10 Å². The van der Waals surface area contributed by atoms with E-state index >= 15 is 0 Å². The first-order chi connectivity index (χ1) is 9.19. The Morgan fingerprint density at radius 3 is 2.47 bits per heavy atom. The molecule has 0 heterocycles. The highest BCUT2D eigenvalue weighted by atomic mass is 16.5. The lowest BCUT2D eigenvalue weighted by molar-refractivity contribution is 0.303. The summed E-state index contributed by atoms with van der Waals surface area (Å²) in [4.78, 5) is 0. The molecular weight excluding hydrogens is 234 g/mol. The number of hydrogen-bond acceptors (Lipinski definition) is 2. The average molecular weight is 261 g/mol. The molecule has 1 saturated carbocycles. The number of nitrogens with one attached hydrogen (secondary N) is 1. The van der Waals surface area contributed by atoms with Crippen LogP contribution in [-0.4, -0.2) is 18.7 Å². The molecule has 1 aliphatic carbocycles. The van der Waals surface area contributed by atoms with Gasteiger partial charge in [-0.1, -0.05) is 26.0 Å². The normalized spacial score (nSPS) is 18.1. The Kier molecular flexibility index (Phi) is 5.26. The van der Waals surface area contributed by atoms with Crippen molar-refractivity contribution in [2.45, 2.75) is 64.5 Å². The molecule has 106 valence electrons. The topological polar surface area (TPSA) is 21.3 Å². The summed E-state index contributed by atoms with van der Waals surface area (Å²) >= 11 is 0. The van der Waals surface area contributed by atoms with E-state index < -0.39 is 0 Å². The molecule has 0 aromatic heterocycles. The van der Waals surface area contributed by atoms with Gasteiger partial charge in [0.15, 0.2) is 0 Å². The Labute approximate surface area is 117 Å². The van der Waals surface area contributed by atoms with Gasteiger partial charge in [0.1, 0.15) is 5.75 Å². The Bertz CT molecular complexity index is 369. The van der Waals surface area contributed by atoms with Crippen molar-refractivity contribution in [3.8, 4) is 5.75 Å². The smallest absolute Gasteiger partial charge is 0.119 e. The predicted molar refractivity (Wildman–Crippen MR) is 80.9 cm³/mol. The van der Waals surface area contributed by atoms with Crippen molar-refractivity contribution >= 4 is 0 Å². The van der Waals surface area contributed by atoms with E-state index in [1.807, 2.05) is 0 Å². The summed E-state index contributed by atoms with van der Waals surface area (Å²) in [6.07, 6.45) is 5.31. The minimum atomic E-state index is 0.488. The lowest BCUT2D eigenvalue weighted by atomic mass is 9.94. The summed E-state index contributed by atoms with van der Waals surface area (Å²) in [6.45, 7) is 7.90. The van der Waals surface area contributed by atoms with Gasteiger partial charge in [-0.05, 0) is 62.8 Å². The van der Waals surface area contributed by atoms with Crippen LogP contribution in [-0.2, 0) is 0 Å². The molecule has 2 rings (SSSR count). The van der Waals surface area contributed by atoms with Crippen molar-refractivity contribution in [2.24, 2.45) is 0 Å². The van der Waals surface area contributed by atoms with Gasteiger partial charge >= 0.3 is 0 Å². The van der Waals surface area contributed by atoms with Gasteiger partial charge in [0.25, 0.3) is 0 Å². The molecule has 0 aliphatic heterocycles. The highest BCUT2D eigenvalue weighted by Gasteiger charge is 2.23. The van der Waals surface area contributed by atoms with E-state index in [0.29, 0.717) is 18.1 Å². The van der Waals surface area contributed by atoms with Crippen LogP contribution in [0.1, 0.15) is 57.9 Å². The molecule has 19 heavy (non-hydrogen) atoms. The zero-order valence-corrected chi connectivity index (χ0v) is 12.5. The molecule has 1 fully saturated rings. The minimum Gasteiger partial charge on any atom is -0.490 e. The summed E-state index contributed by atoms with van der Waals surface area (Å²) in [5.41, 5.74) is 1.41. The second-order valence-corrected chi connectivity index (χ2v) is 5.88. The molecule has 2 atom stereocenters. The van der Waals surface area contributed by atoms with E-state index in [-0.39, 0.29) is 0 Å². The van der Waals surface area contributed by atoms with Gasteiger partial charge in [-0.15, -0.1) is 0 Å². The zero-order valence-electron chi connectivity index (χ0n) is 12.5. The zero-order chi connectivity index (χ0) is 13.7. The first-order valence-electron chi connectivity index (χ1n) is 7.69. The fraction of sp³-hybridized carbons (Fsp3) is 0.647. The third-order valence-corrected chi connectivity index (χ3v) is 3.73. The molecule has 1 aliphatic rings. The van der Waals surface area contributed by atoms with Crippen LogP contribution in [0.5, 0.6) is 5.75 Å². The van der Waals surface area contributed by atoms with Crippen LogP contribution >= 0.6 is 0 Å². The maximum absolute atomic E-state index is 5.78. The maximum atomic E-state index is 5.78. The van der Waals surface area contributed by atoms with E-state index in [9.17, 15) is 0 Å². The highest BCUT2D eigenvalue weighted by Crippen LogP contribution is 2.28. The van der Waals surface area contributed by atoms with Crippen LogP contribution in [0.3, 0.4) is 0 Å². The summed E-state index contributed by atoms with van der Waals surface area (Å²) in [5.74, 6) is 1.62. The van der Waals surface area contributed by atoms with Crippen LogP contribution in [0, 0.1) is 0 Å². The van der Waals surface area contributed by atoms with Gasteiger partial charge in [-0.25, -0.2) is 0 Å². The second kappa shape index (κ2) is 6.95. The van der Waals surface area contributed by atoms with Crippen molar-refractivity contribution in [1.82, 2.24) is 5.32 Å². The lowest BCUT2D eigenvalue weighted by Gasteiger charge is -2.19. The Morgan fingerprint density at radius 1 is 1.21 bits per heavy atom. The summed E-state index contributed by atoms with van der Waals surface area (Å²) in [6, 6.07) is 9.25. The van der Waals surface area contributed by atoms with Gasteiger partial charge in [0, 0.05) is 6.04 Å². The Morgan fingerprint density at radius 2 is 1.89 bits per heavy atom. The number of benzene rings is 1. The average Bonchev–Trinajstić information content (AvgIpc) is 3.21. The molecular formula is C17H27NO. The molecule has 1 aromatic rings. The van der Waals surface area contributed by atoms with Crippen LogP contribution in [0.4, 0.5) is 0 Å². The van der Waals surface area contributed by atoms with Crippen molar-refractivity contribution in [3.63, 3.8) is 0 Å². The van der Waals surface area contributed by atoms with Crippen molar-refractivity contribution in [1.29, 1.82) is 0 Å². The third kappa shape index (κ3) is 4.87. The largest absolute Gasteiger partial charge is 0.490 e. The van der Waals surface area contributed by atoms with E-state index in [1.165, 1.54) is 31.2 Å². The first-order valence-corrected chi connectivity index (χ1v) is 7.69. The minimum absolute atomic E-state index is 0.488. The molecule has 2 unspecified atom stereocenters. The standard InChI is InChI=1S/C17H27NO/c1-4-11-18-14(3)12-13(2)15-5-7-16(8-6-15)19-17-9-10-17/h5-8,13-14,17-18H,4,9-12H2,1-3H3. The maximum Gasteiger partial charge on any atom is 0.119 e. The number of hydrogen-bond donors (Lipinski definition) is 1. The van der Waals surface area contributed by atoms with E-state index in [1.54, 1.807) is 0 Å². The Balaban J connectivity index is 1.82. The SMILES string of the molecule is CCCNC(C)CC(C)c1ccc(OC2CC2)cc1. The van der Waals surface area contributed by atoms with Crippen molar-refractivity contribution < 1.29 is 4.74 Å². The predicted octanol–water partition coefficient (Wildman–Crippen LogP) is 4.11. The Hall–Kier alpha value is -1.02. The fourth-order valence-electron chi connectivity index (χ4n) is 2.39. The monoisotopic (exact) mass is 261 g/mol. The molecule has 2 nitrogen and oxygen atoms in total. The van der Waals surface area contributed by atoms with E-state index in [2.05, 4.69) is 50.4 Å². The number of ether oxygens (including phenoxy) is 1. The lowest BCUT2D eigenvalue weighted by Crippen LogP contribution is -2.27. The quantitative estimate of drug-likeness (QED) is 0.760. The second-order valence-electron chi connectivity index (χ2n) is 5.88. The van der Waals surface area contributed by atoms with E-state index in [4.69, 9.17) is 4.74 Å². The van der Waals surface area contributed by atoms with Gasteiger partial charge < -0.3 is 10.1 Å². The van der Waals surface area contributed by atoms with Gasteiger partial charge in [-0.3, -0.25) is 0 Å². The number of rotatable bonds is 8. The molecule has 0 amide bonds. The van der Waals surface area contributed by atoms with Crippen LogP contribution < -0.4 is 10.1 Å². The van der Waals surface area contributed by atoms with Crippen LogP contribution in [0.2, 0.25) is 0 Å². The van der Waals surface area contributed by atoms with E-state index in [0.717, 1.165) is 12.3 Å². The van der Waals surface area contributed by atoms with Crippen molar-refractivity contribution in [3.05, 3.63) is 29.8 Å². The summed E-state index contributed by atoms with van der Waals surface area (Å²) in [5, 5.41) is 3.55. The van der Waals surface area contributed by atoms with Gasteiger partial charge in [0.2, 0.25) is 0 Å². The van der Waals surface area contributed by atoms with Crippen LogP contribution in [0.15, 0.2) is 24.3 Å². The first kappa shape index (κ1) is 14.4. The molecule has 0 saturated heterocycles.